The Labute approximate surface area is 245 Å². The summed E-state index contributed by atoms with van der Waals surface area (Å²) in [5, 5.41) is 52.5. The molecule has 1 aliphatic carbocycles. The van der Waals surface area contributed by atoms with Gasteiger partial charge in [0.15, 0.2) is 5.78 Å². The summed E-state index contributed by atoms with van der Waals surface area (Å²) in [4.78, 5) is 72.1. The SMILES string of the molecule is O=C(Nc1ccc([N+](=O)[O-])cc1)Nc1cc(O)c2c(c1)C(=O)c1cc(NC(=O)Nc3ccc([N+](=O)[O-])cc3)cc(O)c1C2=O. The molecule has 0 radical (unpaired) electrons. The number of anilines is 4. The summed E-state index contributed by atoms with van der Waals surface area (Å²) in [6, 6.07) is 12.6. The molecule has 16 nitrogen and oxygen atoms in total. The lowest BCUT2D eigenvalue weighted by atomic mass is 9.82. The van der Waals surface area contributed by atoms with Gasteiger partial charge in [0.05, 0.1) is 21.0 Å². The van der Waals surface area contributed by atoms with Crippen LogP contribution < -0.4 is 21.3 Å². The molecule has 220 valence electrons. The molecule has 4 aromatic rings. The van der Waals surface area contributed by atoms with Crippen LogP contribution in [0.15, 0.2) is 72.8 Å². The molecule has 0 spiro atoms. The molecule has 44 heavy (non-hydrogen) atoms. The van der Waals surface area contributed by atoms with E-state index in [0.717, 1.165) is 24.3 Å². The quantitative estimate of drug-likeness (QED) is 0.113. The van der Waals surface area contributed by atoms with Gasteiger partial charge in [0.2, 0.25) is 5.78 Å². The number of benzene rings is 4. The maximum atomic E-state index is 13.4. The third kappa shape index (κ3) is 5.66. The molecule has 0 unspecified atom stereocenters. The van der Waals surface area contributed by atoms with Crippen LogP contribution in [0.2, 0.25) is 0 Å². The number of nitro benzene ring substituents is 2. The van der Waals surface area contributed by atoms with Gasteiger partial charge in [0.1, 0.15) is 11.5 Å². The number of hydrogen-bond donors (Lipinski definition) is 6. The van der Waals surface area contributed by atoms with Crippen molar-refractivity contribution in [2.75, 3.05) is 21.3 Å². The Morgan fingerprint density at radius 2 is 0.886 bits per heavy atom. The summed E-state index contributed by atoms with van der Waals surface area (Å²) in [7, 11) is 0. The number of ketones is 2. The number of phenolic OH excluding ortho intramolecular Hbond substituents is 2. The number of carbonyl (C=O) groups excluding carboxylic acids is 4. The number of rotatable bonds is 6. The van der Waals surface area contributed by atoms with Gasteiger partial charge in [-0.05, 0) is 36.4 Å². The lowest BCUT2D eigenvalue weighted by Gasteiger charge is -2.21. The van der Waals surface area contributed by atoms with Gasteiger partial charge in [-0.3, -0.25) is 29.8 Å². The fourth-order valence-electron chi connectivity index (χ4n) is 4.42. The number of nitro groups is 2. The normalized spacial score (nSPS) is 11.5. The second-order valence-electron chi connectivity index (χ2n) is 9.26. The minimum absolute atomic E-state index is 0.0776. The highest BCUT2D eigenvalue weighted by Gasteiger charge is 2.35. The Hall–Kier alpha value is -6.84. The minimum atomic E-state index is -0.881. The van der Waals surface area contributed by atoms with Crippen LogP contribution in [0.5, 0.6) is 11.5 Å². The lowest BCUT2D eigenvalue weighted by Crippen LogP contribution is -2.24. The van der Waals surface area contributed by atoms with Crippen molar-refractivity contribution in [2.24, 2.45) is 0 Å². The molecule has 4 aromatic carbocycles. The monoisotopic (exact) mass is 598 g/mol. The van der Waals surface area contributed by atoms with Gasteiger partial charge in [-0.1, -0.05) is 0 Å². The third-order valence-electron chi connectivity index (χ3n) is 6.37. The van der Waals surface area contributed by atoms with Crippen molar-refractivity contribution in [1.29, 1.82) is 0 Å². The second-order valence-corrected chi connectivity index (χ2v) is 9.26. The first-order chi connectivity index (χ1) is 20.9. The molecule has 0 bridgehead atoms. The number of hydrogen-bond acceptors (Lipinski definition) is 10. The highest BCUT2D eigenvalue weighted by atomic mass is 16.6. The maximum Gasteiger partial charge on any atom is 0.323 e. The number of phenols is 2. The third-order valence-corrected chi connectivity index (χ3v) is 6.37. The number of non-ortho nitro benzene ring substituents is 2. The molecule has 5 rings (SSSR count). The van der Waals surface area contributed by atoms with Crippen LogP contribution in [-0.4, -0.2) is 43.7 Å². The molecule has 1 aliphatic rings. The van der Waals surface area contributed by atoms with Crippen LogP contribution in [0.25, 0.3) is 0 Å². The van der Waals surface area contributed by atoms with E-state index >= 15 is 0 Å². The molecular weight excluding hydrogens is 580 g/mol. The molecule has 0 saturated heterocycles. The number of urea groups is 2. The molecular formula is C28H18N6O10. The summed E-state index contributed by atoms with van der Waals surface area (Å²) in [5.41, 5.74) is -1.50. The molecule has 16 heteroatoms. The van der Waals surface area contributed by atoms with Gasteiger partial charge in [-0.25, -0.2) is 9.59 Å². The lowest BCUT2D eigenvalue weighted by molar-refractivity contribution is -0.385. The first-order valence-corrected chi connectivity index (χ1v) is 12.4. The van der Waals surface area contributed by atoms with E-state index in [2.05, 4.69) is 21.3 Å². The Kier molecular flexibility index (Phi) is 7.30. The number of amides is 4. The first-order valence-electron chi connectivity index (χ1n) is 12.4. The van der Waals surface area contributed by atoms with Crippen LogP contribution in [0.1, 0.15) is 31.8 Å². The van der Waals surface area contributed by atoms with Crippen molar-refractivity contribution in [3.8, 4) is 11.5 Å². The predicted molar refractivity (Wildman–Crippen MR) is 155 cm³/mol. The Morgan fingerprint density at radius 1 is 0.545 bits per heavy atom. The highest BCUT2D eigenvalue weighted by Crippen LogP contribution is 2.40. The van der Waals surface area contributed by atoms with Gasteiger partial charge < -0.3 is 31.5 Å². The summed E-state index contributed by atoms with van der Waals surface area (Å²) < 4.78 is 0. The summed E-state index contributed by atoms with van der Waals surface area (Å²) in [6.45, 7) is 0. The summed E-state index contributed by atoms with van der Waals surface area (Å²) >= 11 is 0. The first kappa shape index (κ1) is 28.7. The van der Waals surface area contributed by atoms with E-state index in [1.165, 1.54) is 48.5 Å². The summed E-state index contributed by atoms with van der Waals surface area (Å²) in [5.74, 6) is -2.99. The zero-order chi connectivity index (χ0) is 31.7. The van der Waals surface area contributed by atoms with Crippen molar-refractivity contribution in [1.82, 2.24) is 0 Å². The number of nitrogens with zero attached hydrogens (tertiary/aromatic N) is 2. The number of nitrogens with one attached hydrogen (secondary N) is 4. The molecule has 4 amide bonds. The van der Waals surface area contributed by atoms with E-state index in [0.29, 0.717) is 0 Å². The maximum absolute atomic E-state index is 13.4. The second kappa shape index (κ2) is 11.2. The molecule has 6 N–H and O–H groups in total. The zero-order valence-electron chi connectivity index (χ0n) is 22.0. The van der Waals surface area contributed by atoms with E-state index in [4.69, 9.17) is 0 Å². The van der Waals surface area contributed by atoms with E-state index in [9.17, 15) is 49.6 Å². The van der Waals surface area contributed by atoms with Crippen LogP contribution in [0.4, 0.5) is 43.7 Å². The van der Waals surface area contributed by atoms with Crippen LogP contribution in [-0.2, 0) is 0 Å². The Balaban J connectivity index is 1.35. The molecule has 0 aliphatic heterocycles. The molecule has 0 saturated carbocycles. The number of aromatic hydroxyl groups is 2. The molecule has 0 atom stereocenters. The van der Waals surface area contributed by atoms with E-state index in [-0.39, 0.29) is 45.3 Å². The van der Waals surface area contributed by atoms with E-state index in [1.54, 1.807) is 0 Å². The van der Waals surface area contributed by atoms with Crippen molar-refractivity contribution >= 4 is 57.8 Å². The summed E-state index contributed by atoms with van der Waals surface area (Å²) in [6.07, 6.45) is 0. The van der Waals surface area contributed by atoms with Crippen molar-refractivity contribution in [3.63, 3.8) is 0 Å². The molecule has 0 fully saturated rings. The average molecular weight is 598 g/mol. The average Bonchev–Trinajstić information content (AvgIpc) is 2.95. The van der Waals surface area contributed by atoms with Crippen molar-refractivity contribution < 1.29 is 39.2 Å². The standard InChI is InChI=1S/C28H18N6O10/c35-21-11-15(31-27(39)29-13-1-5-17(6-2-13)33(41)42)9-19-23(21)26(38)24-20(25(19)37)10-16(12-22(24)36)32-28(40)30-14-3-7-18(8-4-14)34(43)44/h1-12,35-36H,(H2,29,31,39)(H2,30,32,40). The topological polar surface area (TPSA) is 243 Å². The Morgan fingerprint density at radius 3 is 1.23 bits per heavy atom. The van der Waals surface area contributed by atoms with Gasteiger partial charge >= 0.3 is 12.1 Å². The number of carbonyl (C=O) groups is 4. The van der Waals surface area contributed by atoms with E-state index in [1.807, 2.05) is 0 Å². The largest absolute Gasteiger partial charge is 0.507 e. The zero-order valence-corrected chi connectivity index (χ0v) is 22.0. The Bertz CT molecular complexity index is 1770. The fourth-order valence-corrected chi connectivity index (χ4v) is 4.42. The molecule has 0 aromatic heterocycles. The molecule has 0 heterocycles. The predicted octanol–water partition coefficient (Wildman–Crippen LogP) is 4.98. The van der Waals surface area contributed by atoms with Crippen LogP contribution in [0.3, 0.4) is 0 Å². The van der Waals surface area contributed by atoms with E-state index < -0.39 is 56.1 Å². The van der Waals surface area contributed by atoms with Crippen molar-refractivity contribution in [2.45, 2.75) is 0 Å². The van der Waals surface area contributed by atoms with Crippen molar-refractivity contribution in [3.05, 3.63) is 115 Å². The smallest absolute Gasteiger partial charge is 0.323 e. The van der Waals surface area contributed by atoms with Gasteiger partial charge in [-0.15, -0.1) is 0 Å². The minimum Gasteiger partial charge on any atom is -0.507 e. The van der Waals surface area contributed by atoms with Crippen LogP contribution in [0, 0.1) is 20.2 Å². The van der Waals surface area contributed by atoms with Gasteiger partial charge in [-0.2, -0.15) is 0 Å². The highest BCUT2D eigenvalue weighted by molar-refractivity contribution is 6.31. The van der Waals surface area contributed by atoms with Crippen LogP contribution >= 0.6 is 0 Å². The van der Waals surface area contributed by atoms with Gasteiger partial charge in [0, 0.05) is 70.3 Å². The van der Waals surface area contributed by atoms with Gasteiger partial charge in [0.25, 0.3) is 11.4 Å². The number of fused-ring (bicyclic) bond motifs is 2. The fraction of sp³-hybridized carbons (Fsp3) is 0.